The Morgan fingerprint density at radius 2 is 1.78 bits per heavy atom. The van der Waals surface area contributed by atoms with Gasteiger partial charge in [-0.25, -0.2) is 0 Å². The van der Waals surface area contributed by atoms with E-state index in [4.69, 9.17) is 15.2 Å². The second-order valence-corrected chi connectivity index (χ2v) is 8.70. The number of methoxy groups -OCH3 is 1. The van der Waals surface area contributed by atoms with Gasteiger partial charge in [0.05, 0.1) is 20.3 Å². The number of nitrogens with two attached hydrogens (primary N) is 1. The predicted molar refractivity (Wildman–Crippen MR) is 114 cm³/mol. The fourth-order valence-electron chi connectivity index (χ4n) is 3.45. The Balaban J connectivity index is 2.53. The first-order valence-corrected chi connectivity index (χ1v) is 10.5. The van der Waals surface area contributed by atoms with Crippen molar-refractivity contribution in [2.45, 2.75) is 78.2 Å². The minimum atomic E-state index is -0.521. The van der Waals surface area contributed by atoms with E-state index in [0.717, 1.165) is 55.3 Å². The van der Waals surface area contributed by atoms with Crippen LogP contribution in [0.25, 0.3) is 0 Å². The third-order valence-electron chi connectivity index (χ3n) is 4.95. The number of benzene rings is 1. The van der Waals surface area contributed by atoms with Gasteiger partial charge in [0.2, 0.25) is 0 Å². The zero-order valence-corrected chi connectivity index (χ0v) is 18.1. The lowest BCUT2D eigenvalue weighted by Gasteiger charge is -2.29. The van der Waals surface area contributed by atoms with Crippen molar-refractivity contribution >= 4 is 0 Å². The molecule has 1 atom stereocenters. The van der Waals surface area contributed by atoms with Crippen LogP contribution in [0.4, 0.5) is 0 Å². The first-order valence-electron chi connectivity index (χ1n) is 10.5. The fourth-order valence-corrected chi connectivity index (χ4v) is 3.45. The lowest BCUT2D eigenvalue weighted by molar-refractivity contribution is 0.165. The second kappa shape index (κ2) is 12.2. The Bertz CT molecular complexity index is 530. The maximum atomic E-state index is 9.68. The standard InChI is InChI=1S/C23H41NO3/c1-18(2)9-7-6-8-14-27-21-11-10-20(15-22(21)26-5)12-13-23(24,17-25)16-19(3)4/h10-11,15,18-19,25H,6-9,12-14,16-17,24H2,1-5H3. The van der Waals surface area contributed by atoms with Gasteiger partial charge in [0.25, 0.3) is 0 Å². The molecule has 0 aliphatic carbocycles. The van der Waals surface area contributed by atoms with Crippen molar-refractivity contribution in [2.75, 3.05) is 20.3 Å². The zero-order valence-electron chi connectivity index (χ0n) is 18.1. The summed E-state index contributed by atoms with van der Waals surface area (Å²) in [6, 6.07) is 6.09. The lowest BCUT2D eigenvalue weighted by Crippen LogP contribution is -2.45. The summed E-state index contributed by atoms with van der Waals surface area (Å²) < 4.78 is 11.4. The highest BCUT2D eigenvalue weighted by molar-refractivity contribution is 5.43. The van der Waals surface area contributed by atoms with Gasteiger partial charge in [0, 0.05) is 5.54 Å². The van der Waals surface area contributed by atoms with Crippen molar-refractivity contribution in [1.29, 1.82) is 0 Å². The Morgan fingerprint density at radius 3 is 2.37 bits per heavy atom. The van der Waals surface area contributed by atoms with E-state index in [9.17, 15) is 5.11 Å². The zero-order chi connectivity index (χ0) is 20.3. The van der Waals surface area contributed by atoms with Crippen molar-refractivity contribution in [3.05, 3.63) is 23.8 Å². The number of hydrogen-bond acceptors (Lipinski definition) is 4. The van der Waals surface area contributed by atoms with Gasteiger partial charge >= 0.3 is 0 Å². The normalized spacial score (nSPS) is 13.8. The Kier molecular flexibility index (Phi) is 10.8. The summed E-state index contributed by atoms with van der Waals surface area (Å²) in [6.07, 6.45) is 7.20. The molecule has 1 aromatic carbocycles. The number of ether oxygens (including phenoxy) is 2. The van der Waals surface area contributed by atoms with Crippen molar-refractivity contribution in [3.63, 3.8) is 0 Å². The van der Waals surface area contributed by atoms with Crippen LogP contribution in [0.1, 0.15) is 71.8 Å². The van der Waals surface area contributed by atoms with Gasteiger partial charge in [-0.05, 0) is 55.2 Å². The molecule has 3 N–H and O–H groups in total. The molecule has 1 aromatic rings. The van der Waals surface area contributed by atoms with E-state index in [0.29, 0.717) is 5.92 Å². The Labute approximate surface area is 166 Å². The summed E-state index contributed by atoms with van der Waals surface area (Å²) in [5.74, 6) is 2.81. The van der Waals surface area contributed by atoms with Crippen molar-refractivity contribution in [1.82, 2.24) is 0 Å². The number of hydrogen-bond donors (Lipinski definition) is 2. The molecule has 0 heterocycles. The number of aliphatic hydroxyl groups excluding tert-OH is 1. The molecule has 0 radical (unpaired) electrons. The van der Waals surface area contributed by atoms with E-state index in [1.54, 1.807) is 7.11 Å². The molecule has 0 spiro atoms. The Hall–Kier alpha value is -1.26. The molecule has 4 nitrogen and oxygen atoms in total. The molecule has 0 saturated heterocycles. The third kappa shape index (κ3) is 9.48. The molecule has 0 aromatic heterocycles. The summed E-state index contributed by atoms with van der Waals surface area (Å²) in [7, 11) is 1.67. The molecule has 1 unspecified atom stereocenters. The van der Waals surface area contributed by atoms with Gasteiger partial charge < -0.3 is 20.3 Å². The SMILES string of the molecule is COc1cc(CCC(N)(CO)CC(C)C)ccc1OCCCCCC(C)C. The van der Waals surface area contributed by atoms with Crippen LogP contribution in [0.5, 0.6) is 11.5 Å². The van der Waals surface area contributed by atoms with Crippen molar-refractivity contribution in [3.8, 4) is 11.5 Å². The average Bonchev–Trinajstić information content (AvgIpc) is 2.62. The van der Waals surface area contributed by atoms with Gasteiger partial charge in [-0.15, -0.1) is 0 Å². The quantitative estimate of drug-likeness (QED) is 0.448. The minimum absolute atomic E-state index is 0.0142. The van der Waals surface area contributed by atoms with Crippen molar-refractivity contribution in [2.24, 2.45) is 17.6 Å². The molecular weight excluding hydrogens is 338 g/mol. The van der Waals surface area contributed by atoms with Gasteiger partial charge in [0.15, 0.2) is 11.5 Å². The molecule has 0 amide bonds. The fraction of sp³-hybridized carbons (Fsp3) is 0.739. The molecule has 4 heteroatoms. The predicted octanol–water partition coefficient (Wildman–Crippen LogP) is 4.96. The van der Waals surface area contributed by atoms with E-state index in [2.05, 4.69) is 33.8 Å². The molecule has 156 valence electrons. The summed E-state index contributed by atoms with van der Waals surface area (Å²) in [4.78, 5) is 0. The topological polar surface area (TPSA) is 64.7 Å². The number of aryl methyl sites for hydroxylation is 1. The molecule has 0 aliphatic rings. The number of rotatable bonds is 14. The highest BCUT2D eigenvalue weighted by atomic mass is 16.5. The van der Waals surface area contributed by atoms with Crippen LogP contribution < -0.4 is 15.2 Å². The van der Waals surface area contributed by atoms with Crippen LogP contribution in [-0.2, 0) is 6.42 Å². The first kappa shape index (κ1) is 23.8. The van der Waals surface area contributed by atoms with E-state index in [-0.39, 0.29) is 6.61 Å². The van der Waals surface area contributed by atoms with Gasteiger partial charge in [-0.1, -0.05) is 53.0 Å². The van der Waals surface area contributed by atoms with Crippen LogP contribution in [0.15, 0.2) is 18.2 Å². The molecule has 0 fully saturated rings. The minimum Gasteiger partial charge on any atom is -0.493 e. The molecule has 0 saturated carbocycles. The highest BCUT2D eigenvalue weighted by Gasteiger charge is 2.25. The maximum Gasteiger partial charge on any atom is 0.161 e. The molecule has 0 aliphatic heterocycles. The summed E-state index contributed by atoms with van der Waals surface area (Å²) in [5.41, 5.74) is 7.00. The van der Waals surface area contributed by atoms with E-state index in [1.165, 1.54) is 19.3 Å². The van der Waals surface area contributed by atoms with Crippen LogP contribution in [0, 0.1) is 11.8 Å². The molecule has 27 heavy (non-hydrogen) atoms. The smallest absolute Gasteiger partial charge is 0.161 e. The van der Waals surface area contributed by atoms with Gasteiger partial charge in [0.1, 0.15) is 0 Å². The van der Waals surface area contributed by atoms with Crippen molar-refractivity contribution < 1.29 is 14.6 Å². The lowest BCUT2D eigenvalue weighted by atomic mass is 9.85. The summed E-state index contributed by atoms with van der Waals surface area (Å²) >= 11 is 0. The van der Waals surface area contributed by atoms with E-state index < -0.39 is 5.54 Å². The largest absolute Gasteiger partial charge is 0.493 e. The first-order chi connectivity index (χ1) is 12.8. The highest BCUT2D eigenvalue weighted by Crippen LogP contribution is 2.30. The monoisotopic (exact) mass is 379 g/mol. The molecular formula is C23H41NO3. The maximum absolute atomic E-state index is 9.68. The van der Waals surface area contributed by atoms with Crippen LogP contribution in [0.2, 0.25) is 0 Å². The second-order valence-electron chi connectivity index (χ2n) is 8.70. The van der Waals surface area contributed by atoms with Crippen LogP contribution >= 0.6 is 0 Å². The summed E-state index contributed by atoms with van der Waals surface area (Å²) in [6.45, 7) is 9.53. The van der Waals surface area contributed by atoms with Gasteiger partial charge in [-0.2, -0.15) is 0 Å². The molecule has 1 rings (SSSR count). The van der Waals surface area contributed by atoms with Crippen LogP contribution in [-0.4, -0.2) is 31.0 Å². The van der Waals surface area contributed by atoms with E-state index >= 15 is 0 Å². The Morgan fingerprint density at radius 1 is 1.04 bits per heavy atom. The average molecular weight is 380 g/mol. The third-order valence-corrected chi connectivity index (χ3v) is 4.95. The number of unbranched alkanes of at least 4 members (excludes halogenated alkanes) is 2. The van der Waals surface area contributed by atoms with Gasteiger partial charge in [-0.3, -0.25) is 0 Å². The summed E-state index contributed by atoms with van der Waals surface area (Å²) in [5, 5.41) is 9.68. The van der Waals surface area contributed by atoms with E-state index in [1.807, 2.05) is 12.1 Å². The van der Waals surface area contributed by atoms with Crippen LogP contribution in [0.3, 0.4) is 0 Å². The number of aliphatic hydroxyl groups is 1. The molecule has 0 bridgehead atoms.